The Balaban J connectivity index is 2.23. The normalized spacial score (nSPS) is 12.4. The Morgan fingerprint density at radius 1 is 1.32 bits per heavy atom. The average Bonchev–Trinajstić information content (AvgIpc) is 2.59. The molecule has 1 amide bonds. The van der Waals surface area contributed by atoms with E-state index in [0.29, 0.717) is 6.42 Å². The summed E-state index contributed by atoms with van der Waals surface area (Å²) in [5.74, 6) is -2.70. The van der Waals surface area contributed by atoms with Crippen molar-refractivity contribution >= 4 is 11.9 Å². The number of alkyl halides is 3. The average molecular weight is 402 g/mol. The Bertz CT molecular complexity index is 912. The minimum atomic E-state index is -5.02. The first kappa shape index (κ1) is 21.2. The lowest BCUT2D eigenvalue weighted by molar-refractivity contribution is -0.275. The highest BCUT2D eigenvalue weighted by atomic mass is 19.4. The highest BCUT2D eigenvalue weighted by Gasteiger charge is 2.32. The van der Waals surface area contributed by atoms with E-state index >= 15 is 0 Å². The molecule has 1 aromatic carbocycles. The molecular weight excluding hydrogens is 384 g/mol. The number of rotatable bonds is 6. The van der Waals surface area contributed by atoms with Crippen molar-refractivity contribution in [2.75, 3.05) is 19.0 Å². The molecule has 1 unspecified atom stereocenters. The van der Waals surface area contributed by atoms with Crippen LogP contribution in [0.3, 0.4) is 0 Å². The van der Waals surface area contributed by atoms with Crippen molar-refractivity contribution in [3.63, 3.8) is 0 Å². The second kappa shape index (κ2) is 8.28. The summed E-state index contributed by atoms with van der Waals surface area (Å²) < 4.78 is 54.2. The van der Waals surface area contributed by atoms with Gasteiger partial charge in [0.05, 0.1) is 6.04 Å². The maximum atomic E-state index is 13.9. The van der Waals surface area contributed by atoms with E-state index in [-0.39, 0.29) is 17.2 Å². The number of ether oxygens (including phenoxy) is 1. The van der Waals surface area contributed by atoms with Gasteiger partial charge < -0.3 is 15.0 Å². The number of H-pyrrole nitrogens is 1. The Morgan fingerprint density at radius 3 is 2.54 bits per heavy atom. The molecule has 0 saturated carbocycles. The molecule has 28 heavy (non-hydrogen) atoms. The summed E-state index contributed by atoms with van der Waals surface area (Å²) in [6, 6.07) is 3.20. The first-order chi connectivity index (χ1) is 13.0. The van der Waals surface area contributed by atoms with Gasteiger partial charge in [-0.2, -0.15) is 0 Å². The summed E-state index contributed by atoms with van der Waals surface area (Å²) >= 11 is 0. The molecule has 0 fully saturated rings. The third-order valence-electron chi connectivity index (χ3n) is 3.68. The zero-order valence-electron chi connectivity index (χ0n) is 15.2. The number of hydrogen-bond donors (Lipinski definition) is 2. The SMILES string of the molecule is CCC(NC(=O)c1cc(=O)[nH]c(N(C)C)n1)c1ccc(OC(F)(F)F)c(F)c1. The number of halogens is 4. The van der Waals surface area contributed by atoms with Gasteiger partial charge in [-0.3, -0.25) is 14.6 Å². The highest BCUT2D eigenvalue weighted by Crippen LogP contribution is 2.28. The van der Waals surface area contributed by atoms with Gasteiger partial charge in [-0.1, -0.05) is 13.0 Å². The standard InChI is InChI=1S/C17H18F4N4O3/c1-4-11(9-5-6-13(10(18)7-9)28-17(19,20)21)22-15(27)12-8-14(26)24-16(23-12)25(2)3/h5-8,11H,4H2,1-3H3,(H,22,27)(H,23,24,26). The molecule has 11 heteroatoms. The molecule has 0 aliphatic rings. The molecule has 1 heterocycles. The fourth-order valence-corrected chi connectivity index (χ4v) is 2.37. The third-order valence-corrected chi connectivity index (χ3v) is 3.68. The lowest BCUT2D eigenvalue weighted by atomic mass is 10.0. The lowest BCUT2D eigenvalue weighted by Gasteiger charge is -2.19. The van der Waals surface area contributed by atoms with E-state index in [9.17, 15) is 27.2 Å². The summed E-state index contributed by atoms with van der Waals surface area (Å²) in [5.41, 5.74) is -0.444. The molecule has 1 aromatic heterocycles. The van der Waals surface area contributed by atoms with Crippen LogP contribution in [0.5, 0.6) is 5.75 Å². The molecule has 0 bridgehead atoms. The fourth-order valence-electron chi connectivity index (χ4n) is 2.37. The van der Waals surface area contributed by atoms with Gasteiger partial charge in [-0.15, -0.1) is 13.2 Å². The molecule has 0 aliphatic heterocycles. The molecule has 7 nitrogen and oxygen atoms in total. The van der Waals surface area contributed by atoms with Gasteiger partial charge in [0, 0.05) is 20.2 Å². The van der Waals surface area contributed by atoms with E-state index < -0.39 is 35.4 Å². The number of aromatic nitrogens is 2. The van der Waals surface area contributed by atoms with Crippen LogP contribution in [0.4, 0.5) is 23.5 Å². The molecule has 152 valence electrons. The van der Waals surface area contributed by atoms with E-state index in [1.807, 2.05) is 0 Å². The number of nitrogens with zero attached hydrogens (tertiary/aromatic N) is 2. The van der Waals surface area contributed by atoms with Crippen LogP contribution < -0.4 is 20.5 Å². The van der Waals surface area contributed by atoms with Crippen molar-refractivity contribution in [3.05, 3.63) is 51.7 Å². The number of carbonyl (C=O) groups is 1. The van der Waals surface area contributed by atoms with Crippen LogP contribution >= 0.6 is 0 Å². The molecule has 2 rings (SSSR count). The van der Waals surface area contributed by atoms with E-state index in [2.05, 4.69) is 20.0 Å². The Kier molecular flexibility index (Phi) is 6.26. The lowest BCUT2D eigenvalue weighted by Crippen LogP contribution is -2.31. The molecule has 2 N–H and O–H groups in total. The van der Waals surface area contributed by atoms with Gasteiger partial charge in [-0.25, -0.2) is 9.37 Å². The van der Waals surface area contributed by atoms with Crippen molar-refractivity contribution in [2.24, 2.45) is 0 Å². The molecule has 0 spiro atoms. The van der Waals surface area contributed by atoms with Crippen LogP contribution in [0.25, 0.3) is 0 Å². The zero-order chi connectivity index (χ0) is 21.1. The van der Waals surface area contributed by atoms with Crippen molar-refractivity contribution in [3.8, 4) is 5.75 Å². The molecule has 0 aliphatic carbocycles. The van der Waals surface area contributed by atoms with E-state index in [4.69, 9.17) is 0 Å². The van der Waals surface area contributed by atoms with Gasteiger partial charge >= 0.3 is 6.36 Å². The number of nitrogens with one attached hydrogen (secondary N) is 2. The van der Waals surface area contributed by atoms with Crippen LogP contribution in [-0.4, -0.2) is 36.3 Å². The Hall–Kier alpha value is -3.11. The number of benzene rings is 1. The summed E-state index contributed by atoms with van der Waals surface area (Å²) in [4.78, 5) is 32.1. The largest absolute Gasteiger partial charge is 0.573 e. The van der Waals surface area contributed by atoms with Crippen LogP contribution in [0.2, 0.25) is 0 Å². The van der Waals surface area contributed by atoms with Crippen molar-refractivity contribution in [2.45, 2.75) is 25.7 Å². The Labute approximate surface area is 157 Å². The number of anilines is 1. The summed E-state index contributed by atoms with van der Waals surface area (Å²) in [5, 5.41) is 2.59. The highest BCUT2D eigenvalue weighted by molar-refractivity contribution is 5.92. The van der Waals surface area contributed by atoms with Crippen molar-refractivity contribution in [1.29, 1.82) is 0 Å². The van der Waals surface area contributed by atoms with Gasteiger partial charge in [0.25, 0.3) is 11.5 Å². The number of carbonyl (C=O) groups excluding carboxylic acids is 1. The molecule has 0 radical (unpaired) electrons. The summed E-state index contributed by atoms with van der Waals surface area (Å²) in [7, 11) is 3.25. The smallest absolute Gasteiger partial charge is 0.403 e. The van der Waals surface area contributed by atoms with E-state index in [0.717, 1.165) is 18.2 Å². The Morgan fingerprint density at radius 2 is 2.00 bits per heavy atom. The van der Waals surface area contributed by atoms with E-state index in [1.54, 1.807) is 21.0 Å². The van der Waals surface area contributed by atoms with Gasteiger partial charge in [0.15, 0.2) is 11.6 Å². The van der Waals surface area contributed by atoms with E-state index in [1.165, 1.54) is 11.0 Å². The third kappa shape index (κ3) is 5.44. The van der Waals surface area contributed by atoms with Crippen LogP contribution in [-0.2, 0) is 0 Å². The number of aromatic amines is 1. The minimum Gasteiger partial charge on any atom is -0.403 e. The van der Waals surface area contributed by atoms with Crippen LogP contribution in [0, 0.1) is 5.82 Å². The predicted molar refractivity (Wildman–Crippen MR) is 92.8 cm³/mol. The maximum absolute atomic E-state index is 13.9. The number of amides is 1. The predicted octanol–water partition coefficient (Wildman–Crippen LogP) is 2.75. The molecule has 2 aromatic rings. The minimum absolute atomic E-state index is 0.150. The number of hydrogen-bond acceptors (Lipinski definition) is 5. The quantitative estimate of drug-likeness (QED) is 0.726. The van der Waals surface area contributed by atoms with Crippen LogP contribution in [0.15, 0.2) is 29.1 Å². The summed E-state index contributed by atoms with van der Waals surface area (Å²) in [6.45, 7) is 1.69. The van der Waals surface area contributed by atoms with Crippen LogP contribution in [0.1, 0.15) is 35.4 Å². The summed E-state index contributed by atoms with van der Waals surface area (Å²) in [6.07, 6.45) is -4.70. The fraction of sp³-hybridized carbons (Fsp3) is 0.353. The molecule has 0 saturated heterocycles. The monoisotopic (exact) mass is 402 g/mol. The zero-order valence-corrected chi connectivity index (χ0v) is 15.2. The van der Waals surface area contributed by atoms with Crippen molar-refractivity contribution < 1.29 is 27.1 Å². The first-order valence-corrected chi connectivity index (χ1v) is 8.15. The maximum Gasteiger partial charge on any atom is 0.573 e. The molecular formula is C17H18F4N4O3. The van der Waals surface area contributed by atoms with Gasteiger partial charge in [0.2, 0.25) is 5.95 Å². The van der Waals surface area contributed by atoms with Gasteiger partial charge in [-0.05, 0) is 24.1 Å². The second-order valence-corrected chi connectivity index (χ2v) is 6.02. The second-order valence-electron chi connectivity index (χ2n) is 6.02. The van der Waals surface area contributed by atoms with Gasteiger partial charge in [0.1, 0.15) is 5.69 Å². The first-order valence-electron chi connectivity index (χ1n) is 8.15. The van der Waals surface area contributed by atoms with Crippen molar-refractivity contribution in [1.82, 2.24) is 15.3 Å². The topological polar surface area (TPSA) is 87.3 Å². The molecule has 1 atom stereocenters.